The zero-order valence-electron chi connectivity index (χ0n) is 17.3. The number of Topliss-reactive ketones (excluding diaryl/α,β-unsaturated/α-hetero) is 1. The third-order valence-corrected chi connectivity index (χ3v) is 4.83. The van der Waals surface area contributed by atoms with Crippen LogP contribution in [0.25, 0.3) is 0 Å². The van der Waals surface area contributed by atoms with Gasteiger partial charge in [-0.1, -0.05) is 24.3 Å². The molecule has 1 fully saturated rings. The van der Waals surface area contributed by atoms with Crippen LogP contribution in [-0.2, 0) is 25.5 Å². The van der Waals surface area contributed by atoms with E-state index in [1.165, 1.54) is 0 Å². The molecule has 3 unspecified atom stereocenters. The molecule has 0 saturated heterocycles. The highest BCUT2D eigenvalue weighted by molar-refractivity contribution is 5.83. The number of esters is 1. The summed E-state index contributed by atoms with van der Waals surface area (Å²) in [7, 11) is 1.16. The second-order valence-electron chi connectivity index (χ2n) is 8.22. The second-order valence-corrected chi connectivity index (χ2v) is 8.22. The Morgan fingerprint density at radius 3 is 2.34 bits per heavy atom. The lowest BCUT2D eigenvalue weighted by atomic mass is 9.92. The van der Waals surface area contributed by atoms with Crippen LogP contribution >= 0.6 is 0 Å². The summed E-state index contributed by atoms with van der Waals surface area (Å²) >= 11 is 0. The molecule has 0 aliphatic heterocycles. The van der Waals surface area contributed by atoms with Crippen LogP contribution in [0.3, 0.4) is 0 Å². The highest BCUT2D eigenvalue weighted by Crippen LogP contribution is 2.33. The van der Waals surface area contributed by atoms with E-state index in [1.807, 2.05) is 0 Å². The van der Waals surface area contributed by atoms with Crippen LogP contribution in [-0.4, -0.2) is 52.0 Å². The normalized spacial score (nSPS) is 18.8. The first kappa shape index (κ1) is 22.8. The summed E-state index contributed by atoms with van der Waals surface area (Å²) in [5.74, 6) is -1.11. The van der Waals surface area contributed by atoms with Crippen molar-refractivity contribution in [2.24, 2.45) is 5.92 Å². The molecule has 2 rings (SSSR count). The monoisotopic (exact) mass is 407 g/mol. The smallest absolute Gasteiger partial charge is 0.435 e. The van der Waals surface area contributed by atoms with Crippen molar-refractivity contribution in [3.8, 4) is 0 Å². The maximum absolute atomic E-state index is 12.1. The van der Waals surface area contributed by atoms with Gasteiger partial charge in [0.2, 0.25) is 0 Å². The number of ether oxygens (including phenoxy) is 2. The van der Waals surface area contributed by atoms with Gasteiger partial charge in [-0.3, -0.25) is 10.0 Å². The number of aliphatic hydroxyl groups is 1. The molecule has 0 aromatic heterocycles. The van der Waals surface area contributed by atoms with Crippen LogP contribution in [0.1, 0.15) is 57.3 Å². The molecule has 0 bridgehead atoms. The van der Waals surface area contributed by atoms with E-state index in [1.54, 1.807) is 45.0 Å². The summed E-state index contributed by atoms with van der Waals surface area (Å²) in [4.78, 5) is 36.1. The van der Waals surface area contributed by atoms with Gasteiger partial charge in [-0.05, 0) is 44.7 Å². The van der Waals surface area contributed by atoms with Gasteiger partial charge < -0.3 is 14.6 Å². The number of amides is 1. The first-order valence-corrected chi connectivity index (χ1v) is 9.62. The van der Waals surface area contributed by atoms with Gasteiger partial charge in [0.25, 0.3) is 0 Å². The predicted molar refractivity (Wildman–Crippen MR) is 103 cm³/mol. The topological polar surface area (TPSA) is 113 Å². The van der Waals surface area contributed by atoms with E-state index in [2.05, 4.69) is 0 Å². The average Bonchev–Trinajstić information content (AvgIpc) is 3.09. The van der Waals surface area contributed by atoms with Crippen LogP contribution in [0.2, 0.25) is 0 Å². The average molecular weight is 407 g/mol. The Labute approximate surface area is 170 Å². The Bertz CT molecular complexity index is 738. The van der Waals surface area contributed by atoms with E-state index in [0.29, 0.717) is 24.0 Å². The van der Waals surface area contributed by atoms with Crippen molar-refractivity contribution in [2.75, 3.05) is 7.11 Å². The molecule has 160 valence electrons. The molecule has 8 nitrogen and oxygen atoms in total. The fourth-order valence-electron chi connectivity index (χ4n) is 3.32. The highest BCUT2D eigenvalue weighted by atomic mass is 16.6. The van der Waals surface area contributed by atoms with Gasteiger partial charge in [0.1, 0.15) is 11.4 Å². The van der Waals surface area contributed by atoms with E-state index in [-0.39, 0.29) is 23.2 Å². The number of rotatable bonds is 6. The zero-order valence-corrected chi connectivity index (χ0v) is 17.3. The van der Waals surface area contributed by atoms with Crippen molar-refractivity contribution < 1.29 is 34.2 Å². The Balaban J connectivity index is 2.12. The number of carbonyl (C=O) groups is 3. The number of benzene rings is 1. The van der Waals surface area contributed by atoms with Crippen molar-refractivity contribution in [2.45, 2.75) is 64.2 Å². The number of hydrogen-bond donors (Lipinski definition) is 2. The van der Waals surface area contributed by atoms with E-state index in [0.717, 1.165) is 13.5 Å². The number of carbonyl (C=O) groups excluding carboxylic acids is 3. The largest absolute Gasteiger partial charge is 0.467 e. The lowest BCUT2D eigenvalue weighted by molar-refractivity contribution is -0.167. The molecule has 0 heterocycles. The fourth-order valence-corrected chi connectivity index (χ4v) is 3.32. The number of hydroxylamine groups is 2. The summed E-state index contributed by atoms with van der Waals surface area (Å²) in [6.07, 6.45) is 0.0164. The molecule has 1 saturated carbocycles. The van der Waals surface area contributed by atoms with E-state index in [9.17, 15) is 24.7 Å². The van der Waals surface area contributed by atoms with Crippen LogP contribution < -0.4 is 0 Å². The van der Waals surface area contributed by atoms with Gasteiger partial charge in [-0.25, -0.2) is 9.59 Å². The first-order chi connectivity index (χ1) is 13.5. The molecular formula is C21H29NO7. The fraction of sp³-hybridized carbons (Fsp3) is 0.571. The quantitative estimate of drug-likeness (QED) is 0.423. The molecule has 3 atom stereocenters. The van der Waals surface area contributed by atoms with Crippen LogP contribution in [0.5, 0.6) is 0 Å². The van der Waals surface area contributed by atoms with Crippen molar-refractivity contribution in [3.05, 3.63) is 35.4 Å². The minimum atomic E-state index is -1.29. The maximum Gasteiger partial charge on any atom is 0.435 e. The number of hydrogen-bond acceptors (Lipinski definition) is 7. The molecular weight excluding hydrogens is 378 g/mol. The van der Waals surface area contributed by atoms with Crippen LogP contribution in [0, 0.1) is 5.92 Å². The van der Waals surface area contributed by atoms with Crippen molar-refractivity contribution in [1.82, 2.24) is 5.06 Å². The minimum absolute atomic E-state index is 0.0127. The van der Waals surface area contributed by atoms with Gasteiger partial charge in [-0.15, -0.1) is 0 Å². The Morgan fingerprint density at radius 1 is 1.24 bits per heavy atom. The SMILES string of the molecule is COC(=O)C(Cc1ccc(C(O)C2CCCC2=O)cc1)N(O)C(=O)OC(C)(C)C. The minimum Gasteiger partial charge on any atom is -0.467 e. The van der Waals surface area contributed by atoms with Crippen LogP contribution in [0.4, 0.5) is 4.79 Å². The van der Waals surface area contributed by atoms with Crippen LogP contribution in [0.15, 0.2) is 24.3 Å². The number of aliphatic hydroxyl groups excluding tert-OH is 1. The molecule has 1 aromatic carbocycles. The summed E-state index contributed by atoms with van der Waals surface area (Å²) in [6, 6.07) is 5.42. The Hall–Kier alpha value is -2.45. The predicted octanol–water partition coefficient (Wildman–Crippen LogP) is 2.80. The van der Waals surface area contributed by atoms with E-state index in [4.69, 9.17) is 9.47 Å². The third kappa shape index (κ3) is 6.01. The molecule has 2 N–H and O–H groups in total. The number of ketones is 1. The molecule has 1 aliphatic rings. The van der Waals surface area contributed by atoms with Crippen molar-refractivity contribution >= 4 is 17.8 Å². The molecule has 1 aromatic rings. The Kier molecular flexibility index (Phi) is 7.37. The molecule has 1 aliphatic carbocycles. The third-order valence-electron chi connectivity index (χ3n) is 4.83. The zero-order chi connectivity index (χ0) is 21.8. The van der Waals surface area contributed by atoms with Gasteiger partial charge >= 0.3 is 12.1 Å². The number of nitrogens with zero attached hydrogens (tertiary/aromatic N) is 1. The summed E-state index contributed by atoms with van der Waals surface area (Å²) in [5.41, 5.74) is 0.405. The van der Waals surface area contributed by atoms with Gasteiger partial charge in [0.15, 0.2) is 6.04 Å². The van der Waals surface area contributed by atoms with E-state index >= 15 is 0 Å². The lowest BCUT2D eigenvalue weighted by Gasteiger charge is -2.27. The van der Waals surface area contributed by atoms with Gasteiger partial charge in [-0.2, -0.15) is 5.06 Å². The summed E-state index contributed by atoms with van der Waals surface area (Å²) < 4.78 is 9.80. The highest BCUT2D eigenvalue weighted by Gasteiger charge is 2.34. The number of methoxy groups -OCH3 is 1. The Morgan fingerprint density at radius 2 is 1.86 bits per heavy atom. The summed E-state index contributed by atoms with van der Waals surface area (Å²) in [6.45, 7) is 4.93. The molecule has 0 spiro atoms. The lowest BCUT2D eigenvalue weighted by Crippen LogP contribution is -2.46. The molecule has 0 radical (unpaired) electrons. The maximum atomic E-state index is 12.1. The van der Waals surface area contributed by atoms with Gasteiger partial charge in [0, 0.05) is 18.8 Å². The summed E-state index contributed by atoms with van der Waals surface area (Å²) in [5, 5.41) is 20.9. The van der Waals surface area contributed by atoms with Gasteiger partial charge in [0.05, 0.1) is 13.2 Å². The first-order valence-electron chi connectivity index (χ1n) is 9.62. The van der Waals surface area contributed by atoms with Crippen molar-refractivity contribution in [1.29, 1.82) is 0 Å². The standard InChI is InChI=1S/C21H29NO7/c1-21(2,3)29-20(26)22(27)16(19(25)28-4)12-13-8-10-14(11-9-13)18(24)15-6-5-7-17(15)23/h8-11,15-16,18,24,27H,5-7,12H2,1-4H3. The second kappa shape index (κ2) is 9.37. The molecule has 1 amide bonds. The molecule has 29 heavy (non-hydrogen) atoms. The molecule has 8 heteroatoms. The van der Waals surface area contributed by atoms with Crippen molar-refractivity contribution in [3.63, 3.8) is 0 Å². The van der Waals surface area contributed by atoms with E-state index < -0.39 is 29.8 Å².